The highest BCUT2D eigenvalue weighted by molar-refractivity contribution is 5.70. The van der Waals surface area contributed by atoms with Gasteiger partial charge in [0.25, 0.3) is 0 Å². The van der Waals surface area contributed by atoms with Crippen LogP contribution in [-0.2, 0) is 9.53 Å². The molecular weight excluding hydrogens is 340 g/mol. The molecule has 0 aliphatic carbocycles. The lowest BCUT2D eigenvalue weighted by atomic mass is 10.1. The first-order valence-electron chi connectivity index (χ1n) is 9.03. The molecule has 138 valence electrons. The molecule has 0 atom stereocenters. The number of aromatic nitrogens is 2. The van der Waals surface area contributed by atoms with Crippen molar-refractivity contribution in [2.75, 3.05) is 13.2 Å². The average molecular weight is 362 g/mol. The van der Waals surface area contributed by atoms with Crippen LogP contribution in [0.5, 0.6) is 5.88 Å². The van der Waals surface area contributed by atoms with Crippen molar-refractivity contribution in [3.63, 3.8) is 0 Å². The van der Waals surface area contributed by atoms with Gasteiger partial charge in [0, 0.05) is 18.7 Å². The number of nitrogens with zero attached hydrogens (tertiary/aromatic N) is 2. The summed E-state index contributed by atoms with van der Waals surface area (Å²) in [4.78, 5) is 20.4. The van der Waals surface area contributed by atoms with Crippen molar-refractivity contribution in [3.8, 4) is 28.4 Å². The minimum Gasteiger partial charge on any atom is -0.478 e. The molecule has 27 heavy (non-hydrogen) atoms. The van der Waals surface area contributed by atoms with Crippen LogP contribution in [0.4, 0.5) is 0 Å². The van der Waals surface area contributed by atoms with E-state index in [1.165, 1.54) is 0 Å². The molecule has 0 saturated carbocycles. The second-order valence-corrected chi connectivity index (χ2v) is 5.92. The highest BCUT2D eigenvalue weighted by Crippen LogP contribution is 2.27. The molecule has 0 aliphatic heterocycles. The fourth-order valence-electron chi connectivity index (χ4n) is 2.65. The number of carbonyl (C=O) groups is 1. The maximum absolute atomic E-state index is 11.4. The molecule has 5 heteroatoms. The Morgan fingerprint density at radius 2 is 1.78 bits per heavy atom. The van der Waals surface area contributed by atoms with E-state index in [1.54, 1.807) is 13.1 Å². The third-order valence-corrected chi connectivity index (χ3v) is 3.92. The summed E-state index contributed by atoms with van der Waals surface area (Å²) in [6, 6.07) is 19.7. The van der Waals surface area contributed by atoms with Gasteiger partial charge in [-0.25, -0.2) is 4.98 Å². The molecule has 0 spiro atoms. The van der Waals surface area contributed by atoms with Crippen LogP contribution >= 0.6 is 0 Å². The summed E-state index contributed by atoms with van der Waals surface area (Å²) in [6.07, 6.45) is 2.65. The van der Waals surface area contributed by atoms with Crippen LogP contribution in [0.25, 0.3) is 22.5 Å². The molecule has 0 unspecified atom stereocenters. The first kappa shape index (κ1) is 18.6. The van der Waals surface area contributed by atoms with Gasteiger partial charge in [0.2, 0.25) is 5.88 Å². The van der Waals surface area contributed by atoms with Crippen molar-refractivity contribution in [3.05, 3.63) is 66.9 Å². The van der Waals surface area contributed by atoms with Crippen molar-refractivity contribution < 1.29 is 14.3 Å². The zero-order valence-electron chi connectivity index (χ0n) is 15.3. The summed E-state index contributed by atoms with van der Waals surface area (Å²) in [5, 5.41) is 0. The van der Waals surface area contributed by atoms with Crippen molar-refractivity contribution in [2.24, 2.45) is 0 Å². The molecular formula is C22H22N2O3. The predicted octanol–water partition coefficient (Wildman–Crippen LogP) is 4.53. The molecule has 2 heterocycles. The molecule has 0 N–H and O–H groups in total. The van der Waals surface area contributed by atoms with Crippen molar-refractivity contribution in [1.29, 1.82) is 0 Å². The van der Waals surface area contributed by atoms with E-state index < -0.39 is 0 Å². The maximum Gasteiger partial charge on any atom is 0.305 e. The molecule has 3 rings (SSSR count). The molecule has 0 bridgehead atoms. The van der Waals surface area contributed by atoms with Gasteiger partial charge in [-0.15, -0.1) is 0 Å². The Balaban J connectivity index is 1.79. The molecule has 1 aromatic carbocycles. The van der Waals surface area contributed by atoms with Crippen LogP contribution in [0.2, 0.25) is 0 Å². The average Bonchev–Trinajstić information content (AvgIpc) is 2.72. The van der Waals surface area contributed by atoms with E-state index in [1.807, 2.05) is 60.7 Å². The Hall–Kier alpha value is -3.21. The number of ether oxygens (including phenoxy) is 2. The minimum atomic E-state index is -0.207. The summed E-state index contributed by atoms with van der Waals surface area (Å²) < 4.78 is 10.7. The Kier molecular flexibility index (Phi) is 6.52. The fraction of sp³-hybridized carbons (Fsp3) is 0.227. The molecule has 0 radical (unpaired) electrons. The molecule has 5 nitrogen and oxygen atoms in total. The lowest BCUT2D eigenvalue weighted by Gasteiger charge is -2.10. The molecule has 3 aromatic rings. The number of carbonyl (C=O) groups excluding carboxylic acids is 1. The molecule has 0 saturated heterocycles. The third-order valence-electron chi connectivity index (χ3n) is 3.92. The van der Waals surface area contributed by atoms with Crippen LogP contribution < -0.4 is 4.74 Å². The largest absolute Gasteiger partial charge is 0.478 e. The van der Waals surface area contributed by atoms with E-state index in [9.17, 15) is 4.79 Å². The topological polar surface area (TPSA) is 61.3 Å². The van der Waals surface area contributed by atoms with Crippen LogP contribution in [0.1, 0.15) is 19.8 Å². The zero-order chi connectivity index (χ0) is 18.9. The normalized spacial score (nSPS) is 10.4. The van der Waals surface area contributed by atoms with E-state index >= 15 is 0 Å². The van der Waals surface area contributed by atoms with Gasteiger partial charge in [0.05, 0.1) is 24.6 Å². The number of hydrogen-bond acceptors (Lipinski definition) is 5. The standard InChI is InChI=1S/C22H22N2O3/c1-2-26-22(25)12-8-14-27-21-16-18(17-9-4-3-5-10-17)15-20(24-21)19-11-6-7-13-23-19/h3-7,9-11,13,15-16H,2,8,12,14H2,1H3. The SMILES string of the molecule is CCOC(=O)CCCOc1cc(-c2ccccc2)cc(-c2ccccn2)n1. The Bertz CT molecular complexity index is 809. The van der Waals surface area contributed by atoms with Gasteiger partial charge in [-0.1, -0.05) is 36.4 Å². The van der Waals surface area contributed by atoms with Gasteiger partial charge in [-0.05, 0) is 42.7 Å². The molecule has 0 amide bonds. The summed E-state index contributed by atoms with van der Waals surface area (Å²) >= 11 is 0. The Morgan fingerprint density at radius 3 is 2.52 bits per heavy atom. The second kappa shape index (κ2) is 9.48. The zero-order valence-corrected chi connectivity index (χ0v) is 15.3. The molecule has 0 fully saturated rings. The fourth-order valence-corrected chi connectivity index (χ4v) is 2.65. The van der Waals surface area contributed by atoms with Crippen molar-refractivity contribution in [2.45, 2.75) is 19.8 Å². The highest BCUT2D eigenvalue weighted by Gasteiger charge is 2.09. The van der Waals surface area contributed by atoms with Crippen LogP contribution in [-0.4, -0.2) is 29.2 Å². The Morgan fingerprint density at radius 1 is 0.963 bits per heavy atom. The van der Waals surface area contributed by atoms with Gasteiger partial charge in [0.15, 0.2) is 0 Å². The monoisotopic (exact) mass is 362 g/mol. The number of benzene rings is 1. The lowest BCUT2D eigenvalue weighted by molar-refractivity contribution is -0.143. The lowest BCUT2D eigenvalue weighted by Crippen LogP contribution is -2.07. The Labute approximate surface area is 159 Å². The minimum absolute atomic E-state index is 0.207. The van der Waals surface area contributed by atoms with Gasteiger partial charge >= 0.3 is 5.97 Å². The second-order valence-electron chi connectivity index (χ2n) is 5.92. The van der Waals surface area contributed by atoms with Crippen molar-refractivity contribution >= 4 is 5.97 Å². The van der Waals surface area contributed by atoms with Gasteiger partial charge < -0.3 is 9.47 Å². The first-order chi connectivity index (χ1) is 13.3. The van der Waals surface area contributed by atoms with Crippen molar-refractivity contribution in [1.82, 2.24) is 9.97 Å². The first-order valence-corrected chi connectivity index (χ1v) is 9.03. The smallest absolute Gasteiger partial charge is 0.305 e. The maximum atomic E-state index is 11.4. The predicted molar refractivity (Wildman–Crippen MR) is 104 cm³/mol. The summed E-state index contributed by atoms with van der Waals surface area (Å²) in [5.41, 5.74) is 3.61. The van der Waals surface area contributed by atoms with Crippen LogP contribution in [0.15, 0.2) is 66.9 Å². The van der Waals surface area contributed by atoms with E-state index in [0.29, 0.717) is 31.9 Å². The van der Waals surface area contributed by atoms with Crippen LogP contribution in [0, 0.1) is 0 Å². The van der Waals surface area contributed by atoms with Gasteiger partial charge in [0.1, 0.15) is 0 Å². The summed E-state index contributed by atoms with van der Waals surface area (Å²) in [6.45, 7) is 2.59. The number of esters is 1. The number of rotatable bonds is 8. The van der Waals surface area contributed by atoms with Gasteiger partial charge in [-0.2, -0.15) is 0 Å². The van der Waals surface area contributed by atoms with E-state index in [0.717, 1.165) is 22.5 Å². The summed E-state index contributed by atoms with van der Waals surface area (Å²) in [5.74, 6) is 0.308. The number of hydrogen-bond donors (Lipinski definition) is 0. The van der Waals surface area contributed by atoms with Crippen LogP contribution in [0.3, 0.4) is 0 Å². The highest BCUT2D eigenvalue weighted by atomic mass is 16.5. The van der Waals surface area contributed by atoms with E-state index in [2.05, 4.69) is 9.97 Å². The quantitative estimate of drug-likeness (QED) is 0.435. The van der Waals surface area contributed by atoms with Gasteiger partial charge in [-0.3, -0.25) is 9.78 Å². The third kappa shape index (κ3) is 5.38. The number of pyridine rings is 2. The van der Waals surface area contributed by atoms with E-state index in [4.69, 9.17) is 9.47 Å². The van der Waals surface area contributed by atoms with E-state index in [-0.39, 0.29) is 5.97 Å². The molecule has 2 aromatic heterocycles. The summed E-state index contributed by atoms with van der Waals surface area (Å²) in [7, 11) is 0. The molecule has 0 aliphatic rings.